The lowest BCUT2D eigenvalue weighted by atomic mass is 9.85. The van der Waals surface area contributed by atoms with Gasteiger partial charge in [-0.1, -0.05) is 305 Å². The normalized spacial score (nSPS) is 18.8. The van der Waals surface area contributed by atoms with Gasteiger partial charge in [0.05, 0.1) is 16.9 Å². The average Bonchev–Trinajstić information content (AvgIpc) is 1.60. The molecule has 5 atom stereocenters. The van der Waals surface area contributed by atoms with Gasteiger partial charge in [0.1, 0.15) is 30.8 Å². The predicted octanol–water partition coefficient (Wildman–Crippen LogP) is 35.5. The molecule has 2 aliphatic carbocycles. The number of benzene rings is 14. The van der Waals surface area contributed by atoms with Crippen molar-refractivity contribution in [3.63, 3.8) is 0 Å². The smallest absolute Gasteiger partial charge is 0.137 e. The largest absolute Gasteiger partial charge is 0.341 e. The first-order valence-electron chi connectivity index (χ1n) is 53.1. The molecule has 0 amide bonds. The quantitative estimate of drug-likeness (QED) is 0.0933. The highest BCUT2D eigenvalue weighted by molar-refractivity contribution is 5.90. The van der Waals surface area contributed by atoms with Crippen LogP contribution in [0.3, 0.4) is 0 Å². The highest BCUT2D eigenvalue weighted by Gasteiger charge is 2.49. The number of aryl methyl sites for hydroxylation is 13. The third-order valence-electron chi connectivity index (χ3n) is 32.1. The van der Waals surface area contributed by atoms with Crippen LogP contribution in [0.25, 0.3) is 5.70 Å². The Hall–Kier alpha value is -14.5. The fourth-order valence-electron chi connectivity index (χ4n) is 25.0. The van der Waals surface area contributed by atoms with Crippen molar-refractivity contribution in [2.75, 3.05) is 44.1 Å². The molecule has 6 heterocycles. The minimum atomic E-state index is 0.0184. The van der Waals surface area contributed by atoms with E-state index in [1.165, 1.54) is 266 Å². The molecular weight excluding hydrogens is 1760 g/mol. The van der Waals surface area contributed by atoms with Crippen LogP contribution >= 0.6 is 0 Å². The molecule has 10 heteroatoms. The van der Waals surface area contributed by atoms with Crippen molar-refractivity contribution in [3.05, 3.63) is 509 Å². The minimum absolute atomic E-state index is 0.0184. The molecule has 145 heavy (non-hydrogen) atoms. The average molecular weight is 1910 g/mol. The van der Waals surface area contributed by atoms with Gasteiger partial charge >= 0.3 is 0 Å². The summed E-state index contributed by atoms with van der Waals surface area (Å²) in [6, 6.07) is 125. The molecule has 8 aliphatic rings. The highest BCUT2D eigenvalue weighted by atomic mass is 15.5. The number of fused-ring (bicyclic) bond motifs is 1. The maximum Gasteiger partial charge on any atom is 0.137 e. The summed E-state index contributed by atoms with van der Waals surface area (Å²) in [5, 5.41) is 0. The standard InChI is InChI=1S/C31H36N2.C31H30N2.C30H34N2.C26H28N2.C17H22N2/c2*1-22-14-11-12-21-28(22)32-25(4)30(26-17-7-5-8-18-26)33(27-19-9-6-10-20-27)31(32)29-23(2)15-13-16-24(29)3;1-21-13-8-11-20-27(21)31-24(4)29(25-16-9-10-17-25)32(26-18-6-5-7-19-26)30(31)28-22(2)14-12-15-23(28)3;1-18-12-9-10-17-24(18)28-22(5)21(4)27(23-15-7-6-8-16-23)26(28)25-19(2)13-11-14-20(25)3;1-12-8-6-7-9-15(12)18-13(2)16-10-11-17(4,5)19(16)14(18)3/h6,9-16,19-21,26,31H,5,7-8,17-18H2,1-4H3;5-21,31H,1-4H3;5-8,11-15,18-20,25,30H,9-10,16-17H2,1-4H3;6-17,26H,1-5H3;6-11,14H,1-5H3. The summed E-state index contributed by atoms with van der Waals surface area (Å²) >= 11 is 0. The van der Waals surface area contributed by atoms with Crippen molar-refractivity contribution in [1.82, 2.24) is 4.90 Å². The summed E-state index contributed by atoms with van der Waals surface area (Å²) in [5.74, 6) is 1.23. The van der Waals surface area contributed by atoms with Gasteiger partial charge in [0, 0.05) is 131 Å². The van der Waals surface area contributed by atoms with E-state index in [1.54, 1.807) is 0 Å². The summed E-state index contributed by atoms with van der Waals surface area (Å²) in [6.07, 6.45) is 17.2. The van der Waals surface area contributed by atoms with Gasteiger partial charge in [-0.15, -0.1) is 0 Å². The van der Waals surface area contributed by atoms with Crippen LogP contribution in [0, 0.1) is 102 Å². The van der Waals surface area contributed by atoms with Crippen LogP contribution in [0.1, 0.15) is 245 Å². The molecule has 2 saturated carbocycles. The molecule has 0 N–H and O–H groups in total. The van der Waals surface area contributed by atoms with Crippen LogP contribution in [0.4, 0.5) is 51.2 Å². The number of allylic oxidation sites excluding steroid dienone is 9. The number of rotatable bonds is 16. The van der Waals surface area contributed by atoms with Crippen molar-refractivity contribution in [2.45, 2.75) is 246 Å². The molecule has 5 unspecified atom stereocenters. The maximum absolute atomic E-state index is 2.67. The fourth-order valence-corrected chi connectivity index (χ4v) is 25.0. The molecule has 2 fully saturated rings. The predicted molar refractivity (Wildman–Crippen MR) is 617 cm³/mol. The molecule has 740 valence electrons. The SMILES string of the molecule is CC1=C(C)N(c2ccccc2C)C(c2c(C)cccc2C)N1c1ccccc1.CC1=C(C2CCCC2)N(c2ccccc2)C(c2c(C)cccc2C)N1c1ccccc1C.CC1=C(C2CCCCC2)N(c2ccccc2)C(c2c(C)cccc2C)N1c1ccccc1C.CC1=C(c2ccccc2)N(c2ccccc2)C(c2c(C)cccc2C)N1c1ccccc1C.CC1=C2C=CC(C)(C)N2C(C)N1c1ccccc1C. The third kappa shape index (κ3) is 19.6. The van der Waals surface area contributed by atoms with Crippen LogP contribution in [0.2, 0.25) is 0 Å². The molecule has 14 aromatic carbocycles. The Labute approximate surface area is 867 Å². The monoisotopic (exact) mass is 1910 g/mol. The topological polar surface area (TPSA) is 32.4 Å². The molecule has 10 nitrogen and oxygen atoms in total. The van der Waals surface area contributed by atoms with Crippen molar-refractivity contribution in [3.8, 4) is 0 Å². The van der Waals surface area contributed by atoms with Gasteiger partial charge in [-0.2, -0.15) is 0 Å². The number of hydrogen-bond acceptors (Lipinski definition) is 10. The molecule has 14 aromatic rings. The zero-order valence-corrected chi connectivity index (χ0v) is 89.9. The van der Waals surface area contributed by atoms with Crippen LogP contribution in [-0.4, -0.2) is 16.6 Å². The van der Waals surface area contributed by atoms with E-state index in [9.17, 15) is 0 Å². The second-order valence-corrected chi connectivity index (χ2v) is 42.0. The fraction of sp³-hybridized carbons (Fsp3) is 0.289. The van der Waals surface area contributed by atoms with E-state index in [2.05, 4.69) is 559 Å². The molecular formula is C135H150N10. The van der Waals surface area contributed by atoms with Crippen molar-refractivity contribution < 1.29 is 0 Å². The van der Waals surface area contributed by atoms with E-state index < -0.39 is 0 Å². The first kappa shape index (κ1) is 101. The van der Waals surface area contributed by atoms with Gasteiger partial charge in [0.2, 0.25) is 0 Å². The summed E-state index contributed by atoms with van der Waals surface area (Å²) in [4.78, 5) is 25.6. The number of hydrogen-bond donors (Lipinski definition) is 0. The Bertz CT molecular complexity index is 7090. The van der Waals surface area contributed by atoms with E-state index >= 15 is 0 Å². The van der Waals surface area contributed by atoms with E-state index in [1.807, 2.05) is 0 Å². The highest BCUT2D eigenvalue weighted by Crippen LogP contribution is 2.57. The van der Waals surface area contributed by atoms with Gasteiger partial charge in [-0.25, -0.2) is 0 Å². The van der Waals surface area contributed by atoms with Crippen LogP contribution in [0.5, 0.6) is 0 Å². The summed E-state index contributed by atoms with van der Waals surface area (Å²) in [5.41, 5.74) is 49.3. The van der Waals surface area contributed by atoms with Crippen LogP contribution in [0.15, 0.2) is 409 Å². The van der Waals surface area contributed by atoms with Crippen LogP contribution in [-0.2, 0) is 0 Å². The van der Waals surface area contributed by atoms with Gasteiger partial charge in [-0.05, 0) is 341 Å². The Kier molecular flexibility index (Phi) is 30.3. The number of nitrogens with zero attached hydrogens (tertiary/aromatic N) is 10. The second-order valence-electron chi connectivity index (χ2n) is 42.0. The Balaban J connectivity index is 0.000000120. The first-order valence-corrected chi connectivity index (χ1v) is 53.1. The van der Waals surface area contributed by atoms with Gasteiger partial charge in [0.25, 0.3) is 0 Å². The lowest BCUT2D eigenvalue weighted by molar-refractivity contribution is 0.199. The number of anilines is 9. The lowest BCUT2D eigenvalue weighted by Gasteiger charge is -2.39. The number of para-hydroxylation sites is 9. The van der Waals surface area contributed by atoms with Gasteiger partial charge in [-0.3, -0.25) is 0 Å². The molecule has 22 rings (SSSR count). The molecule has 0 radical (unpaired) electrons. The van der Waals surface area contributed by atoms with Gasteiger partial charge in [0.15, 0.2) is 0 Å². The minimum Gasteiger partial charge on any atom is -0.341 e. The molecule has 0 aromatic heterocycles. The van der Waals surface area contributed by atoms with Crippen LogP contribution < -0.4 is 44.1 Å². The summed E-state index contributed by atoms with van der Waals surface area (Å²) in [7, 11) is 0. The molecule has 0 saturated heterocycles. The molecule has 6 aliphatic heterocycles. The zero-order chi connectivity index (χ0) is 102. The van der Waals surface area contributed by atoms with E-state index in [0.717, 1.165) is 0 Å². The molecule has 0 bridgehead atoms. The van der Waals surface area contributed by atoms with Crippen molar-refractivity contribution >= 4 is 56.9 Å². The van der Waals surface area contributed by atoms with E-state index in [-0.39, 0.29) is 30.2 Å². The third-order valence-corrected chi connectivity index (χ3v) is 32.1. The summed E-state index contributed by atoms with van der Waals surface area (Å²) in [6.45, 7) is 49.6. The van der Waals surface area contributed by atoms with Gasteiger partial charge < -0.3 is 49.0 Å². The Morgan fingerprint density at radius 1 is 0.214 bits per heavy atom. The summed E-state index contributed by atoms with van der Waals surface area (Å²) < 4.78 is 0. The first-order chi connectivity index (χ1) is 70.2. The van der Waals surface area contributed by atoms with E-state index in [4.69, 9.17) is 0 Å². The van der Waals surface area contributed by atoms with Crippen molar-refractivity contribution in [1.29, 1.82) is 0 Å². The second kappa shape index (κ2) is 43.6. The van der Waals surface area contributed by atoms with Crippen molar-refractivity contribution in [2.24, 2.45) is 11.8 Å². The molecule has 0 spiro atoms. The zero-order valence-electron chi connectivity index (χ0n) is 89.9. The maximum atomic E-state index is 2.67. The van der Waals surface area contributed by atoms with E-state index in [0.29, 0.717) is 18.0 Å². The Morgan fingerprint density at radius 3 is 0.772 bits per heavy atom. The Morgan fingerprint density at radius 2 is 0.455 bits per heavy atom. The lowest BCUT2D eigenvalue weighted by Crippen LogP contribution is -2.46.